The van der Waals surface area contributed by atoms with Crippen molar-refractivity contribution in [3.63, 3.8) is 0 Å². The van der Waals surface area contributed by atoms with E-state index in [0.717, 1.165) is 5.39 Å². The predicted molar refractivity (Wildman–Crippen MR) is 102 cm³/mol. The van der Waals surface area contributed by atoms with Crippen LogP contribution in [0.3, 0.4) is 0 Å². The molecule has 1 fully saturated rings. The fourth-order valence-electron chi connectivity index (χ4n) is 3.07. The molecule has 1 aromatic carbocycles. The van der Waals surface area contributed by atoms with E-state index in [-0.39, 0.29) is 16.0 Å². The highest BCUT2D eigenvalue weighted by atomic mass is 35.5. The first kappa shape index (κ1) is 18.0. The summed E-state index contributed by atoms with van der Waals surface area (Å²) in [5.74, 6) is 0.211. The molecule has 140 valence electrons. The van der Waals surface area contributed by atoms with Crippen molar-refractivity contribution < 1.29 is 9.21 Å². The molecule has 0 aliphatic carbocycles. The molecule has 3 heterocycles. The first-order chi connectivity index (χ1) is 13.0. The van der Waals surface area contributed by atoms with Crippen LogP contribution in [0.1, 0.15) is 10.6 Å². The lowest BCUT2D eigenvalue weighted by Gasteiger charge is -2.34. The Kier molecular flexibility index (Phi) is 4.90. The summed E-state index contributed by atoms with van der Waals surface area (Å²) in [5, 5.41) is 5.02. The monoisotopic (exact) mass is 406 g/mol. The van der Waals surface area contributed by atoms with Gasteiger partial charge in [-0.25, -0.2) is 4.68 Å². The Hall–Kier alpha value is -2.35. The molecule has 0 spiro atoms. The van der Waals surface area contributed by atoms with E-state index in [1.165, 1.54) is 10.9 Å². The van der Waals surface area contributed by atoms with E-state index in [2.05, 4.69) is 5.10 Å². The highest BCUT2D eigenvalue weighted by Gasteiger charge is 2.25. The van der Waals surface area contributed by atoms with E-state index in [4.69, 9.17) is 27.6 Å². The van der Waals surface area contributed by atoms with E-state index in [9.17, 15) is 9.59 Å². The van der Waals surface area contributed by atoms with Crippen LogP contribution in [0.4, 0.5) is 0 Å². The van der Waals surface area contributed by atoms with Crippen molar-refractivity contribution >= 4 is 40.1 Å². The molecule has 9 heteroatoms. The van der Waals surface area contributed by atoms with Crippen LogP contribution in [-0.4, -0.2) is 51.7 Å². The van der Waals surface area contributed by atoms with Crippen molar-refractivity contribution in [1.82, 2.24) is 19.6 Å². The first-order valence-corrected chi connectivity index (χ1v) is 9.20. The average Bonchev–Trinajstić information content (AvgIpc) is 3.13. The molecule has 0 unspecified atom stereocenters. The number of hydrogen-bond donors (Lipinski definition) is 0. The predicted octanol–water partition coefficient (Wildman–Crippen LogP) is 2.71. The maximum Gasteiger partial charge on any atom is 0.289 e. The molecule has 3 aromatic rings. The molecule has 1 aliphatic heterocycles. The zero-order chi connectivity index (χ0) is 19.0. The Balaban J connectivity index is 1.40. The van der Waals surface area contributed by atoms with E-state index in [1.807, 2.05) is 29.2 Å². The van der Waals surface area contributed by atoms with Gasteiger partial charge in [-0.2, -0.15) is 5.10 Å². The Morgan fingerprint density at radius 2 is 1.89 bits per heavy atom. The SMILES string of the molecule is O=C(c1cc2ccccc2o1)N1CCN(Cn2ncc(Cl)c(Cl)c2=O)CC1. The molecule has 1 aliphatic rings. The fraction of sp³-hybridized carbons (Fsp3) is 0.278. The minimum absolute atomic E-state index is 0.0367. The van der Waals surface area contributed by atoms with Crippen molar-refractivity contribution in [3.05, 3.63) is 62.7 Å². The second-order valence-electron chi connectivity index (χ2n) is 6.31. The lowest BCUT2D eigenvalue weighted by atomic mass is 10.2. The number of nitrogens with zero attached hydrogens (tertiary/aromatic N) is 4. The molecule has 4 rings (SSSR count). The number of carbonyl (C=O) groups is 1. The van der Waals surface area contributed by atoms with Gasteiger partial charge in [0, 0.05) is 31.6 Å². The quantitative estimate of drug-likeness (QED) is 0.668. The van der Waals surface area contributed by atoms with Gasteiger partial charge in [-0.05, 0) is 12.1 Å². The average molecular weight is 407 g/mol. The summed E-state index contributed by atoms with van der Waals surface area (Å²) in [4.78, 5) is 28.5. The van der Waals surface area contributed by atoms with Gasteiger partial charge in [0.25, 0.3) is 11.5 Å². The first-order valence-electron chi connectivity index (χ1n) is 8.44. The lowest BCUT2D eigenvalue weighted by molar-refractivity contribution is 0.0556. The third-order valence-corrected chi connectivity index (χ3v) is 5.32. The maximum atomic E-state index is 12.7. The van der Waals surface area contributed by atoms with Gasteiger partial charge >= 0.3 is 0 Å². The fourth-order valence-corrected chi connectivity index (χ4v) is 3.34. The second-order valence-corrected chi connectivity index (χ2v) is 7.10. The molecule has 0 saturated carbocycles. The number of piperazine rings is 1. The van der Waals surface area contributed by atoms with Gasteiger partial charge in [0.1, 0.15) is 10.6 Å². The van der Waals surface area contributed by atoms with Crippen LogP contribution >= 0.6 is 23.2 Å². The Morgan fingerprint density at radius 3 is 2.63 bits per heavy atom. The summed E-state index contributed by atoms with van der Waals surface area (Å²) in [6.45, 7) is 2.58. The van der Waals surface area contributed by atoms with Gasteiger partial charge < -0.3 is 9.32 Å². The van der Waals surface area contributed by atoms with Crippen molar-refractivity contribution in [3.8, 4) is 0 Å². The molecule has 0 bridgehead atoms. The standard InChI is InChI=1S/C18H16Cl2N4O3/c19-13-10-21-24(18(26)16(13)20)11-22-5-7-23(8-6-22)17(25)15-9-12-3-1-2-4-14(12)27-15/h1-4,9-10H,5-8,11H2. The van der Waals surface area contributed by atoms with Crippen LogP contribution in [0, 0.1) is 0 Å². The van der Waals surface area contributed by atoms with E-state index >= 15 is 0 Å². The van der Waals surface area contributed by atoms with Gasteiger partial charge in [0.05, 0.1) is 17.9 Å². The summed E-state index contributed by atoms with van der Waals surface area (Å²) in [5.41, 5.74) is 0.273. The van der Waals surface area contributed by atoms with Crippen LogP contribution in [0.2, 0.25) is 10.0 Å². The number of rotatable bonds is 3. The van der Waals surface area contributed by atoms with Crippen molar-refractivity contribution in [1.29, 1.82) is 0 Å². The smallest absolute Gasteiger partial charge is 0.289 e. The zero-order valence-electron chi connectivity index (χ0n) is 14.3. The molecular weight excluding hydrogens is 391 g/mol. The molecule has 0 radical (unpaired) electrons. The van der Waals surface area contributed by atoms with Gasteiger partial charge in [0.15, 0.2) is 5.76 Å². The maximum absolute atomic E-state index is 12.7. The highest BCUT2D eigenvalue weighted by molar-refractivity contribution is 6.41. The Morgan fingerprint density at radius 1 is 1.15 bits per heavy atom. The van der Waals surface area contributed by atoms with Gasteiger partial charge in [0.2, 0.25) is 0 Å². The topological polar surface area (TPSA) is 71.6 Å². The molecule has 0 atom stereocenters. The van der Waals surface area contributed by atoms with Crippen molar-refractivity contribution in [2.45, 2.75) is 6.67 Å². The van der Waals surface area contributed by atoms with Crippen LogP contribution in [0.5, 0.6) is 0 Å². The third-order valence-electron chi connectivity index (χ3n) is 4.57. The number of carbonyl (C=O) groups excluding carboxylic acids is 1. The normalized spacial score (nSPS) is 15.4. The molecule has 1 amide bonds. The Labute approximate surface area is 164 Å². The molecule has 0 N–H and O–H groups in total. The van der Waals surface area contributed by atoms with Crippen molar-refractivity contribution in [2.24, 2.45) is 0 Å². The third kappa shape index (κ3) is 3.58. The number of amides is 1. The van der Waals surface area contributed by atoms with Crippen LogP contribution in [-0.2, 0) is 6.67 Å². The van der Waals surface area contributed by atoms with E-state index in [0.29, 0.717) is 44.2 Å². The summed E-state index contributed by atoms with van der Waals surface area (Å²) < 4.78 is 6.93. The number of benzene rings is 1. The number of fused-ring (bicyclic) bond motifs is 1. The number of aromatic nitrogens is 2. The number of furan rings is 1. The molecular formula is C18H16Cl2N4O3. The largest absolute Gasteiger partial charge is 0.451 e. The Bertz CT molecular complexity index is 1020. The summed E-state index contributed by atoms with van der Waals surface area (Å²) in [7, 11) is 0. The van der Waals surface area contributed by atoms with Gasteiger partial charge in [-0.15, -0.1) is 0 Å². The van der Waals surface area contributed by atoms with Crippen LogP contribution in [0.15, 0.2) is 45.7 Å². The van der Waals surface area contributed by atoms with E-state index < -0.39 is 5.56 Å². The van der Waals surface area contributed by atoms with E-state index in [1.54, 1.807) is 11.0 Å². The number of para-hydroxylation sites is 1. The van der Waals surface area contributed by atoms with Crippen LogP contribution < -0.4 is 5.56 Å². The molecule has 7 nitrogen and oxygen atoms in total. The lowest BCUT2D eigenvalue weighted by Crippen LogP contribution is -2.49. The number of halogens is 2. The number of hydrogen-bond acceptors (Lipinski definition) is 5. The molecule has 1 saturated heterocycles. The molecule has 2 aromatic heterocycles. The molecule has 27 heavy (non-hydrogen) atoms. The van der Waals surface area contributed by atoms with Crippen molar-refractivity contribution in [2.75, 3.05) is 26.2 Å². The van der Waals surface area contributed by atoms with Crippen LogP contribution in [0.25, 0.3) is 11.0 Å². The second kappa shape index (κ2) is 7.34. The summed E-state index contributed by atoms with van der Waals surface area (Å²) >= 11 is 11.7. The minimum atomic E-state index is -0.426. The van der Waals surface area contributed by atoms with Gasteiger partial charge in [-0.1, -0.05) is 41.4 Å². The highest BCUT2D eigenvalue weighted by Crippen LogP contribution is 2.20. The summed E-state index contributed by atoms with van der Waals surface area (Å²) in [6, 6.07) is 9.30. The zero-order valence-corrected chi connectivity index (χ0v) is 15.8. The van der Waals surface area contributed by atoms with Gasteiger partial charge in [-0.3, -0.25) is 14.5 Å². The minimum Gasteiger partial charge on any atom is -0.451 e. The summed E-state index contributed by atoms with van der Waals surface area (Å²) in [6.07, 6.45) is 1.35.